The van der Waals surface area contributed by atoms with Gasteiger partial charge in [-0.3, -0.25) is 4.79 Å². The highest BCUT2D eigenvalue weighted by Gasteiger charge is 2.26. The summed E-state index contributed by atoms with van der Waals surface area (Å²) in [7, 11) is -2.07. The minimum atomic E-state index is -3.58. The van der Waals surface area contributed by atoms with Crippen molar-refractivity contribution in [2.45, 2.75) is 43.9 Å². The Labute approximate surface area is 137 Å². The van der Waals surface area contributed by atoms with Gasteiger partial charge in [-0.1, -0.05) is 19.8 Å². The number of ether oxygens (including phenoxy) is 1. The molecule has 128 valence electrons. The lowest BCUT2D eigenvalue weighted by molar-refractivity contribution is -0.117. The van der Waals surface area contributed by atoms with Crippen LogP contribution in [0, 0.1) is 0 Å². The summed E-state index contributed by atoms with van der Waals surface area (Å²) in [5.41, 5.74) is 0.520. The molecule has 1 saturated heterocycles. The highest BCUT2D eigenvalue weighted by molar-refractivity contribution is 7.89. The summed E-state index contributed by atoms with van der Waals surface area (Å²) in [6.45, 7) is 3.07. The maximum atomic E-state index is 12.4. The minimum Gasteiger partial charge on any atom is -0.495 e. The summed E-state index contributed by atoms with van der Waals surface area (Å²) in [5, 5.41) is 0. The normalized spacial score (nSPS) is 15.2. The molecule has 7 heteroatoms. The first-order chi connectivity index (χ1) is 11.0. The molecule has 23 heavy (non-hydrogen) atoms. The van der Waals surface area contributed by atoms with E-state index in [0.29, 0.717) is 30.9 Å². The highest BCUT2D eigenvalue weighted by Crippen LogP contribution is 2.33. The van der Waals surface area contributed by atoms with Gasteiger partial charge in [0.25, 0.3) is 0 Å². The lowest BCUT2D eigenvalue weighted by Crippen LogP contribution is -2.27. The minimum absolute atomic E-state index is 0.00578. The van der Waals surface area contributed by atoms with E-state index in [1.54, 1.807) is 11.0 Å². The maximum absolute atomic E-state index is 12.4. The number of nitrogens with one attached hydrogen (secondary N) is 1. The van der Waals surface area contributed by atoms with Gasteiger partial charge in [0, 0.05) is 19.5 Å². The van der Waals surface area contributed by atoms with Crippen molar-refractivity contribution < 1.29 is 17.9 Å². The second-order valence-electron chi connectivity index (χ2n) is 5.59. The Morgan fingerprint density at radius 3 is 2.70 bits per heavy atom. The van der Waals surface area contributed by atoms with E-state index in [0.717, 1.165) is 25.7 Å². The van der Waals surface area contributed by atoms with E-state index in [1.165, 1.54) is 19.2 Å². The summed E-state index contributed by atoms with van der Waals surface area (Å²) in [5.74, 6) is 0.499. The van der Waals surface area contributed by atoms with Gasteiger partial charge in [-0.2, -0.15) is 0 Å². The number of hydrogen-bond donors (Lipinski definition) is 1. The van der Waals surface area contributed by atoms with Crippen LogP contribution in [0.15, 0.2) is 23.1 Å². The second kappa shape index (κ2) is 7.79. The van der Waals surface area contributed by atoms with Crippen molar-refractivity contribution in [3.63, 3.8) is 0 Å². The SMILES string of the molecule is CCCCCNS(=O)(=O)c1ccc(OC)c(N2CCCC2=O)c1. The Kier molecular flexibility index (Phi) is 6.01. The van der Waals surface area contributed by atoms with Crippen molar-refractivity contribution >= 4 is 21.6 Å². The van der Waals surface area contributed by atoms with Crippen LogP contribution in [0.25, 0.3) is 0 Å². The number of nitrogens with zero attached hydrogens (tertiary/aromatic N) is 1. The molecule has 1 aliphatic heterocycles. The molecular weight excluding hydrogens is 316 g/mol. The Bertz CT molecular complexity index is 658. The first-order valence-corrected chi connectivity index (χ1v) is 9.46. The molecule has 1 aromatic carbocycles. The van der Waals surface area contributed by atoms with E-state index in [2.05, 4.69) is 11.6 Å². The van der Waals surface area contributed by atoms with Crippen LogP contribution in [0.5, 0.6) is 5.75 Å². The van der Waals surface area contributed by atoms with Gasteiger partial charge in [-0.15, -0.1) is 0 Å². The van der Waals surface area contributed by atoms with Gasteiger partial charge >= 0.3 is 0 Å². The van der Waals surface area contributed by atoms with Gasteiger partial charge in [0.2, 0.25) is 15.9 Å². The van der Waals surface area contributed by atoms with Crippen molar-refractivity contribution in [1.82, 2.24) is 4.72 Å². The van der Waals surface area contributed by atoms with E-state index in [4.69, 9.17) is 4.74 Å². The van der Waals surface area contributed by atoms with Crippen LogP contribution in [0.1, 0.15) is 39.0 Å². The molecule has 1 N–H and O–H groups in total. The topological polar surface area (TPSA) is 75.7 Å². The van der Waals surface area contributed by atoms with E-state index >= 15 is 0 Å². The quantitative estimate of drug-likeness (QED) is 0.737. The summed E-state index contributed by atoms with van der Waals surface area (Å²) in [6, 6.07) is 4.62. The molecule has 6 nitrogen and oxygen atoms in total. The molecule has 0 atom stereocenters. The molecule has 0 aliphatic carbocycles. The van der Waals surface area contributed by atoms with Crippen LogP contribution in [0.3, 0.4) is 0 Å². The molecule has 1 fully saturated rings. The average Bonchev–Trinajstić information content (AvgIpc) is 2.97. The molecule has 1 aliphatic rings. The molecule has 1 amide bonds. The Hall–Kier alpha value is -1.60. The Morgan fingerprint density at radius 1 is 1.30 bits per heavy atom. The number of benzene rings is 1. The fourth-order valence-corrected chi connectivity index (χ4v) is 3.71. The molecule has 0 radical (unpaired) electrons. The first-order valence-electron chi connectivity index (χ1n) is 7.97. The number of sulfonamides is 1. The lowest BCUT2D eigenvalue weighted by atomic mass is 10.2. The van der Waals surface area contributed by atoms with Gasteiger partial charge < -0.3 is 9.64 Å². The van der Waals surface area contributed by atoms with Crippen LogP contribution in [-0.2, 0) is 14.8 Å². The lowest BCUT2D eigenvalue weighted by Gasteiger charge is -2.20. The number of hydrogen-bond acceptors (Lipinski definition) is 4. The number of methoxy groups -OCH3 is 1. The summed E-state index contributed by atoms with van der Waals surface area (Å²) in [6.07, 6.45) is 4.08. The molecule has 0 saturated carbocycles. The van der Waals surface area contributed by atoms with Gasteiger partial charge in [0.15, 0.2) is 0 Å². The number of carbonyl (C=O) groups is 1. The van der Waals surface area contributed by atoms with Crippen LogP contribution in [0.2, 0.25) is 0 Å². The third-order valence-corrected chi connectivity index (χ3v) is 5.36. The zero-order valence-corrected chi connectivity index (χ0v) is 14.5. The largest absolute Gasteiger partial charge is 0.495 e. The smallest absolute Gasteiger partial charge is 0.240 e. The summed E-state index contributed by atoms with van der Waals surface area (Å²) >= 11 is 0. The second-order valence-corrected chi connectivity index (χ2v) is 7.35. The Morgan fingerprint density at radius 2 is 2.09 bits per heavy atom. The molecular formula is C16H24N2O4S. The van der Waals surface area contributed by atoms with Crippen molar-refractivity contribution in [3.8, 4) is 5.75 Å². The van der Waals surface area contributed by atoms with Crippen LogP contribution in [0.4, 0.5) is 5.69 Å². The van der Waals surface area contributed by atoms with E-state index in [1.807, 2.05) is 0 Å². The molecule has 0 unspecified atom stereocenters. The van der Waals surface area contributed by atoms with Gasteiger partial charge in [0.05, 0.1) is 17.7 Å². The summed E-state index contributed by atoms with van der Waals surface area (Å²) < 4.78 is 32.7. The van der Waals surface area contributed by atoms with Crippen molar-refractivity contribution in [3.05, 3.63) is 18.2 Å². The van der Waals surface area contributed by atoms with Gasteiger partial charge in [0.1, 0.15) is 5.75 Å². The maximum Gasteiger partial charge on any atom is 0.240 e. The molecule has 0 aromatic heterocycles. The molecule has 2 rings (SSSR count). The van der Waals surface area contributed by atoms with Crippen LogP contribution < -0.4 is 14.4 Å². The van der Waals surface area contributed by atoms with E-state index in [9.17, 15) is 13.2 Å². The average molecular weight is 340 g/mol. The standard InChI is InChI=1S/C16H24N2O4S/c1-3-4-5-10-17-23(20,21)13-8-9-15(22-2)14(12-13)18-11-6-7-16(18)19/h8-9,12,17H,3-7,10-11H2,1-2H3. The number of rotatable bonds is 8. The van der Waals surface area contributed by atoms with Crippen molar-refractivity contribution in [1.29, 1.82) is 0 Å². The molecule has 1 aromatic rings. The van der Waals surface area contributed by atoms with Crippen LogP contribution >= 0.6 is 0 Å². The highest BCUT2D eigenvalue weighted by atomic mass is 32.2. The monoisotopic (exact) mass is 340 g/mol. The Balaban J connectivity index is 2.24. The molecule has 0 bridgehead atoms. The van der Waals surface area contributed by atoms with E-state index in [-0.39, 0.29) is 10.8 Å². The van der Waals surface area contributed by atoms with Gasteiger partial charge in [-0.25, -0.2) is 13.1 Å². The number of carbonyl (C=O) groups excluding carboxylic acids is 1. The fraction of sp³-hybridized carbons (Fsp3) is 0.562. The summed E-state index contributed by atoms with van der Waals surface area (Å²) in [4.78, 5) is 13.7. The molecule has 0 spiro atoms. The van der Waals surface area contributed by atoms with Crippen molar-refractivity contribution in [2.24, 2.45) is 0 Å². The fourth-order valence-electron chi connectivity index (χ4n) is 2.62. The molecule has 1 heterocycles. The van der Waals surface area contributed by atoms with Crippen LogP contribution in [-0.4, -0.2) is 34.5 Å². The number of anilines is 1. The zero-order valence-electron chi connectivity index (χ0n) is 13.7. The zero-order chi connectivity index (χ0) is 16.9. The van der Waals surface area contributed by atoms with E-state index < -0.39 is 10.0 Å². The number of amides is 1. The third-order valence-electron chi connectivity index (χ3n) is 3.90. The first kappa shape index (κ1) is 17.7. The predicted octanol–water partition coefficient (Wildman–Crippen LogP) is 2.29. The van der Waals surface area contributed by atoms with Crippen molar-refractivity contribution in [2.75, 3.05) is 25.1 Å². The van der Waals surface area contributed by atoms with Gasteiger partial charge in [-0.05, 0) is 31.0 Å². The number of unbranched alkanes of at least 4 members (excludes halogenated alkanes) is 2. The predicted molar refractivity (Wildman–Crippen MR) is 89.3 cm³/mol. The third kappa shape index (κ3) is 4.23.